The van der Waals surface area contributed by atoms with Crippen LogP contribution in [-0.4, -0.2) is 36.3 Å². The number of anilines is 1. The summed E-state index contributed by atoms with van der Waals surface area (Å²) in [4.78, 5) is 28.2. The van der Waals surface area contributed by atoms with Crippen LogP contribution in [0.4, 0.5) is 5.69 Å². The number of amides is 2. The summed E-state index contributed by atoms with van der Waals surface area (Å²) in [5.74, 6) is 0.136. The standard InChI is InChI=1S/C22H26N2O2/c1-18(25)23(15-7-10-19-8-3-2-4-9-19)16-14-22(26)24-17-13-20-11-5-6-12-21(20)24/h2-6,8-9,11-12H,7,10,13-17H2,1H3. The molecule has 4 heteroatoms. The second-order valence-electron chi connectivity index (χ2n) is 6.77. The normalized spacial score (nSPS) is 12.7. The van der Waals surface area contributed by atoms with Gasteiger partial charge in [-0.25, -0.2) is 0 Å². The van der Waals surface area contributed by atoms with Gasteiger partial charge in [-0.1, -0.05) is 48.5 Å². The van der Waals surface area contributed by atoms with Crippen molar-refractivity contribution in [3.05, 3.63) is 65.7 Å². The summed E-state index contributed by atoms with van der Waals surface area (Å²) in [6.45, 7) is 3.50. The number of carbonyl (C=O) groups is 2. The molecule has 3 rings (SSSR count). The van der Waals surface area contributed by atoms with Crippen LogP contribution in [0.1, 0.15) is 30.9 Å². The maximum absolute atomic E-state index is 12.6. The van der Waals surface area contributed by atoms with Crippen molar-refractivity contribution in [1.82, 2.24) is 4.90 Å². The van der Waals surface area contributed by atoms with E-state index >= 15 is 0 Å². The first-order chi connectivity index (χ1) is 12.6. The van der Waals surface area contributed by atoms with Gasteiger partial charge in [0.25, 0.3) is 0 Å². The molecular weight excluding hydrogens is 324 g/mol. The zero-order valence-electron chi connectivity index (χ0n) is 15.4. The van der Waals surface area contributed by atoms with Crippen molar-refractivity contribution in [3.8, 4) is 0 Å². The van der Waals surface area contributed by atoms with Crippen LogP contribution in [0.2, 0.25) is 0 Å². The highest BCUT2D eigenvalue weighted by Gasteiger charge is 2.24. The van der Waals surface area contributed by atoms with Crippen LogP contribution >= 0.6 is 0 Å². The Morgan fingerprint density at radius 3 is 2.50 bits per heavy atom. The summed E-state index contributed by atoms with van der Waals surface area (Å²) in [6, 6.07) is 18.3. The minimum absolute atomic E-state index is 0.0349. The molecule has 0 N–H and O–H groups in total. The van der Waals surface area contributed by atoms with Crippen molar-refractivity contribution in [2.75, 3.05) is 24.5 Å². The highest BCUT2D eigenvalue weighted by molar-refractivity contribution is 5.95. The van der Waals surface area contributed by atoms with E-state index in [-0.39, 0.29) is 11.8 Å². The fraction of sp³-hybridized carbons (Fsp3) is 0.364. The van der Waals surface area contributed by atoms with E-state index in [9.17, 15) is 9.59 Å². The van der Waals surface area contributed by atoms with Gasteiger partial charge in [-0.3, -0.25) is 9.59 Å². The Hall–Kier alpha value is -2.62. The number of hydrogen-bond donors (Lipinski definition) is 0. The summed E-state index contributed by atoms with van der Waals surface area (Å²) in [5, 5.41) is 0. The van der Waals surface area contributed by atoms with Gasteiger partial charge in [0, 0.05) is 38.7 Å². The maximum atomic E-state index is 12.6. The first-order valence-corrected chi connectivity index (χ1v) is 9.33. The maximum Gasteiger partial charge on any atom is 0.228 e. The van der Waals surface area contributed by atoms with Crippen molar-refractivity contribution in [2.24, 2.45) is 0 Å². The van der Waals surface area contributed by atoms with Gasteiger partial charge in [0.05, 0.1) is 0 Å². The molecule has 0 aromatic heterocycles. The van der Waals surface area contributed by atoms with Gasteiger partial charge in [-0.2, -0.15) is 0 Å². The molecular formula is C22H26N2O2. The van der Waals surface area contributed by atoms with Crippen LogP contribution in [0, 0.1) is 0 Å². The second-order valence-corrected chi connectivity index (χ2v) is 6.77. The molecule has 1 heterocycles. The number of nitrogens with zero attached hydrogens (tertiary/aromatic N) is 2. The summed E-state index contributed by atoms with van der Waals surface area (Å²) >= 11 is 0. The van der Waals surface area contributed by atoms with Gasteiger partial charge in [0.15, 0.2) is 0 Å². The fourth-order valence-electron chi connectivity index (χ4n) is 3.51. The van der Waals surface area contributed by atoms with Crippen LogP contribution in [0.3, 0.4) is 0 Å². The van der Waals surface area contributed by atoms with Gasteiger partial charge >= 0.3 is 0 Å². The Morgan fingerprint density at radius 1 is 1.00 bits per heavy atom. The number of aryl methyl sites for hydroxylation is 1. The van der Waals surface area contributed by atoms with Gasteiger partial charge in [0.1, 0.15) is 0 Å². The molecule has 26 heavy (non-hydrogen) atoms. The number of para-hydroxylation sites is 1. The Bertz CT molecular complexity index is 758. The third-order valence-electron chi connectivity index (χ3n) is 4.97. The number of rotatable bonds is 7. The molecule has 0 atom stereocenters. The average Bonchev–Trinajstić information content (AvgIpc) is 3.09. The quantitative estimate of drug-likeness (QED) is 0.767. The Labute approximate surface area is 155 Å². The molecule has 136 valence electrons. The van der Waals surface area contributed by atoms with E-state index in [0.717, 1.165) is 31.5 Å². The average molecular weight is 350 g/mol. The van der Waals surface area contributed by atoms with E-state index in [4.69, 9.17) is 0 Å². The predicted molar refractivity (Wildman–Crippen MR) is 104 cm³/mol. The molecule has 0 aliphatic carbocycles. The molecule has 2 aromatic carbocycles. The molecule has 0 saturated heterocycles. The summed E-state index contributed by atoms with van der Waals surface area (Å²) in [6.07, 6.45) is 3.14. The molecule has 1 aliphatic rings. The molecule has 0 bridgehead atoms. The molecule has 2 aromatic rings. The van der Waals surface area contributed by atoms with Crippen LogP contribution < -0.4 is 4.90 Å². The number of fused-ring (bicyclic) bond motifs is 1. The third-order valence-corrected chi connectivity index (χ3v) is 4.97. The summed E-state index contributed by atoms with van der Waals surface area (Å²) < 4.78 is 0. The van der Waals surface area contributed by atoms with Crippen LogP contribution in [0.25, 0.3) is 0 Å². The topological polar surface area (TPSA) is 40.6 Å². The van der Waals surface area contributed by atoms with E-state index < -0.39 is 0 Å². The predicted octanol–water partition coefficient (Wildman–Crippen LogP) is 3.45. The third kappa shape index (κ3) is 4.51. The van der Waals surface area contributed by atoms with Crippen LogP contribution in [-0.2, 0) is 22.4 Å². The zero-order valence-corrected chi connectivity index (χ0v) is 15.4. The first-order valence-electron chi connectivity index (χ1n) is 9.33. The Morgan fingerprint density at radius 2 is 1.73 bits per heavy atom. The van der Waals surface area contributed by atoms with Crippen molar-refractivity contribution in [1.29, 1.82) is 0 Å². The van der Waals surface area contributed by atoms with Gasteiger partial charge in [0.2, 0.25) is 11.8 Å². The smallest absolute Gasteiger partial charge is 0.228 e. The largest absolute Gasteiger partial charge is 0.342 e. The Kier molecular flexibility index (Phi) is 6.05. The summed E-state index contributed by atoms with van der Waals surface area (Å²) in [5.41, 5.74) is 3.53. The highest BCUT2D eigenvalue weighted by Crippen LogP contribution is 2.27. The van der Waals surface area contributed by atoms with Crippen molar-refractivity contribution < 1.29 is 9.59 Å². The number of benzene rings is 2. The van der Waals surface area contributed by atoms with E-state index in [0.29, 0.717) is 19.5 Å². The van der Waals surface area contributed by atoms with Crippen molar-refractivity contribution >= 4 is 17.5 Å². The minimum atomic E-state index is 0.0349. The molecule has 0 radical (unpaired) electrons. The molecule has 0 saturated carbocycles. The van der Waals surface area contributed by atoms with Crippen LogP contribution in [0.15, 0.2) is 54.6 Å². The molecule has 0 unspecified atom stereocenters. The first kappa shape index (κ1) is 18.2. The zero-order chi connectivity index (χ0) is 18.4. The number of carbonyl (C=O) groups excluding carboxylic acids is 2. The molecule has 1 aliphatic heterocycles. The molecule has 2 amide bonds. The lowest BCUT2D eigenvalue weighted by Gasteiger charge is -2.23. The van der Waals surface area contributed by atoms with E-state index in [1.807, 2.05) is 41.3 Å². The highest BCUT2D eigenvalue weighted by atomic mass is 16.2. The van der Waals surface area contributed by atoms with Gasteiger partial charge in [-0.15, -0.1) is 0 Å². The SMILES string of the molecule is CC(=O)N(CCCc1ccccc1)CCC(=O)N1CCc2ccccc21. The molecule has 4 nitrogen and oxygen atoms in total. The second kappa shape index (κ2) is 8.65. The monoisotopic (exact) mass is 350 g/mol. The summed E-state index contributed by atoms with van der Waals surface area (Å²) in [7, 11) is 0. The number of hydrogen-bond acceptors (Lipinski definition) is 2. The lowest BCUT2D eigenvalue weighted by Crippen LogP contribution is -2.36. The molecule has 0 fully saturated rings. The fourth-order valence-corrected chi connectivity index (χ4v) is 3.51. The minimum Gasteiger partial charge on any atom is -0.342 e. The van der Waals surface area contributed by atoms with Crippen molar-refractivity contribution in [3.63, 3.8) is 0 Å². The van der Waals surface area contributed by atoms with Crippen LogP contribution in [0.5, 0.6) is 0 Å². The van der Waals surface area contributed by atoms with E-state index in [1.165, 1.54) is 11.1 Å². The Balaban J connectivity index is 1.49. The van der Waals surface area contributed by atoms with Gasteiger partial charge in [-0.05, 0) is 36.5 Å². The van der Waals surface area contributed by atoms with Crippen molar-refractivity contribution in [2.45, 2.75) is 32.6 Å². The van der Waals surface area contributed by atoms with E-state index in [1.54, 1.807) is 11.8 Å². The molecule has 0 spiro atoms. The lowest BCUT2D eigenvalue weighted by atomic mass is 10.1. The van der Waals surface area contributed by atoms with E-state index in [2.05, 4.69) is 18.2 Å². The lowest BCUT2D eigenvalue weighted by molar-refractivity contribution is -0.129. The van der Waals surface area contributed by atoms with Gasteiger partial charge < -0.3 is 9.80 Å².